The number of nitrogens with zero attached hydrogens (tertiary/aromatic N) is 6. The third-order valence-electron chi connectivity index (χ3n) is 5.02. The second-order valence-corrected chi connectivity index (χ2v) is 9.01. The average molecular weight is 401 g/mol. The van der Waals surface area contributed by atoms with Gasteiger partial charge in [-0.15, -0.1) is 0 Å². The molecule has 8 heteroatoms. The highest BCUT2D eigenvalue weighted by molar-refractivity contribution is 5.76. The number of anilines is 1. The summed E-state index contributed by atoms with van der Waals surface area (Å²) in [5, 5.41) is 4.02. The number of rotatable bonds is 5. The maximum atomic E-state index is 12.6. The van der Waals surface area contributed by atoms with Crippen LogP contribution in [0.3, 0.4) is 0 Å². The lowest BCUT2D eigenvalue weighted by Gasteiger charge is -2.35. The van der Waals surface area contributed by atoms with Gasteiger partial charge >= 0.3 is 0 Å². The fraction of sp³-hybridized carbons (Fsp3) is 0.667. The summed E-state index contributed by atoms with van der Waals surface area (Å²) >= 11 is 0. The van der Waals surface area contributed by atoms with Gasteiger partial charge in [0.15, 0.2) is 5.82 Å². The van der Waals surface area contributed by atoms with Gasteiger partial charge in [-0.3, -0.25) is 4.79 Å². The molecule has 8 nitrogen and oxygen atoms in total. The minimum absolute atomic E-state index is 0.127. The minimum Gasteiger partial charge on any atom is -0.353 e. The molecule has 0 spiro atoms. The summed E-state index contributed by atoms with van der Waals surface area (Å²) < 4.78 is 5.29. The molecule has 0 N–H and O–H groups in total. The second-order valence-electron chi connectivity index (χ2n) is 9.01. The maximum absolute atomic E-state index is 12.6. The zero-order valence-electron chi connectivity index (χ0n) is 18.4. The van der Waals surface area contributed by atoms with Gasteiger partial charge in [0.2, 0.25) is 11.8 Å². The zero-order valence-corrected chi connectivity index (χ0v) is 18.4. The molecule has 0 aliphatic carbocycles. The van der Waals surface area contributed by atoms with Gasteiger partial charge in [0.25, 0.3) is 0 Å². The standard InChI is InChI=1S/C21H32N6O2/c1-14(2)19-22-15(3)13-16(23-19)26-9-11-27(12-10-26)18(28)8-7-17-24-20(25-29-17)21(4,5)6/h13-14H,7-12H2,1-6H3. The molecular weight excluding hydrogens is 368 g/mol. The number of carbonyl (C=O) groups excluding carboxylic acids is 1. The van der Waals surface area contributed by atoms with Gasteiger partial charge < -0.3 is 14.3 Å². The van der Waals surface area contributed by atoms with Crippen LogP contribution in [0.5, 0.6) is 0 Å². The fourth-order valence-electron chi connectivity index (χ4n) is 3.21. The van der Waals surface area contributed by atoms with Crippen LogP contribution in [0.2, 0.25) is 0 Å². The number of hydrogen-bond donors (Lipinski definition) is 0. The number of aromatic nitrogens is 4. The van der Waals surface area contributed by atoms with Crippen molar-refractivity contribution in [2.45, 2.75) is 65.7 Å². The Kier molecular flexibility index (Phi) is 6.19. The molecule has 2 aromatic heterocycles. The molecule has 1 saturated heterocycles. The zero-order chi connectivity index (χ0) is 21.2. The maximum Gasteiger partial charge on any atom is 0.227 e. The van der Waals surface area contributed by atoms with Crippen molar-refractivity contribution in [3.05, 3.63) is 29.3 Å². The highest BCUT2D eigenvalue weighted by atomic mass is 16.5. The number of piperazine rings is 1. The molecule has 0 atom stereocenters. The lowest BCUT2D eigenvalue weighted by molar-refractivity contribution is -0.131. The van der Waals surface area contributed by atoms with E-state index < -0.39 is 0 Å². The van der Waals surface area contributed by atoms with Crippen LogP contribution in [0.1, 0.15) is 70.2 Å². The van der Waals surface area contributed by atoms with Crippen molar-refractivity contribution in [2.24, 2.45) is 0 Å². The van der Waals surface area contributed by atoms with E-state index in [4.69, 9.17) is 9.51 Å². The van der Waals surface area contributed by atoms with Crippen LogP contribution in [-0.4, -0.2) is 57.1 Å². The number of aryl methyl sites for hydroxylation is 2. The molecule has 0 radical (unpaired) electrons. The van der Waals surface area contributed by atoms with Gasteiger partial charge in [0.1, 0.15) is 11.6 Å². The van der Waals surface area contributed by atoms with Crippen molar-refractivity contribution in [1.29, 1.82) is 0 Å². The first-order valence-corrected chi connectivity index (χ1v) is 10.3. The molecule has 0 unspecified atom stereocenters. The van der Waals surface area contributed by atoms with E-state index in [0.717, 1.165) is 30.4 Å². The van der Waals surface area contributed by atoms with E-state index in [1.54, 1.807) is 0 Å². The van der Waals surface area contributed by atoms with Crippen molar-refractivity contribution < 1.29 is 9.32 Å². The first-order chi connectivity index (χ1) is 13.6. The largest absolute Gasteiger partial charge is 0.353 e. The smallest absolute Gasteiger partial charge is 0.227 e. The van der Waals surface area contributed by atoms with Gasteiger partial charge in [-0.05, 0) is 6.92 Å². The second kappa shape index (κ2) is 8.47. The molecule has 29 heavy (non-hydrogen) atoms. The van der Waals surface area contributed by atoms with Crippen molar-refractivity contribution in [3.63, 3.8) is 0 Å². The van der Waals surface area contributed by atoms with Crippen molar-refractivity contribution in [1.82, 2.24) is 25.0 Å². The van der Waals surface area contributed by atoms with E-state index >= 15 is 0 Å². The summed E-state index contributed by atoms with van der Waals surface area (Å²) in [6.45, 7) is 15.2. The van der Waals surface area contributed by atoms with E-state index in [2.05, 4.69) is 33.9 Å². The SMILES string of the molecule is Cc1cc(N2CCN(C(=O)CCc3nc(C(C)(C)C)no3)CC2)nc(C(C)C)n1. The Morgan fingerprint density at radius 2 is 1.83 bits per heavy atom. The topological polar surface area (TPSA) is 88.2 Å². The molecule has 3 heterocycles. The third kappa shape index (κ3) is 5.31. The van der Waals surface area contributed by atoms with E-state index in [1.807, 2.05) is 38.7 Å². The average Bonchev–Trinajstić information content (AvgIpc) is 3.15. The summed E-state index contributed by atoms with van der Waals surface area (Å²) in [6.07, 6.45) is 0.862. The molecule has 1 aliphatic rings. The molecule has 1 amide bonds. The first kappa shape index (κ1) is 21.2. The van der Waals surface area contributed by atoms with Crippen LogP contribution in [0.15, 0.2) is 10.6 Å². The van der Waals surface area contributed by atoms with Crippen molar-refractivity contribution in [2.75, 3.05) is 31.1 Å². The van der Waals surface area contributed by atoms with Gasteiger partial charge in [-0.2, -0.15) is 4.98 Å². The molecule has 0 bridgehead atoms. The fourth-order valence-corrected chi connectivity index (χ4v) is 3.21. The summed E-state index contributed by atoms with van der Waals surface area (Å²) in [6, 6.07) is 2.02. The minimum atomic E-state index is -0.156. The van der Waals surface area contributed by atoms with Crippen LogP contribution >= 0.6 is 0 Å². The molecule has 2 aromatic rings. The van der Waals surface area contributed by atoms with E-state index in [9.17, 15) is 4.79 Å². The molecule has 0 saturated carbocycles. The first-order valence-electron chi connectivity index (χ1n) is 10.3. The molecule has 1 aliphatic heterocycles. The normalized spacial score (nSPS) is 15.3. The Morgan fingerprint density at radius 1 is 1.14 bits per heavy atom. The quantitative estimate of drug-likeness (QED) is 0.762. The molecule has 1 fully saturated rings. The Bertz CT molecular complexity index is 847. The van der Waals surface area contributed by atoms with Gasteiger partial charge in [-0.25, -0.2) is 9.97 Å². The Balaban J connectivity index is 1.53. The number of amides is 1. The van der Waals surface area contributed by atoms with E-state index in [-0.39, 0.29) is 11.3 Å². The monoisotopic (exact) mass is 400 g/mol. The lowest BCUT2D eigenvalue weighted by atomic mass is 9.96. The Hall–Kier alpha value is -2.51. The van der Waals surface area contributed by atoms with Crippen LogP contribution in [-0.2, 0) is 16.6 Å². The van der Waals surface area contributed by atoms with Gasteiger partial charge in [0.05, 0.1) is 0 Å². The summed E-state index contributed by atoms with van der Waals surface area (Å²) in [5.41, 5.74) is 0.822. The molecule has 158 valence electrons. The van der Waals surface area contributed by atoms with Crippen LogP contribution in [0.25, 0.3) is 0 Å². The van der Waals surface area contributed by atoms with E-state index in [1.165, 1.54) is 0 Å². The molecular formula is C21H32N6O2. The number of hydrogen-bond acceptors (Lipinski definition) is 7. The summed E-state index contributed by atoms with van der Waals surface area (Å²) in [7, 11) is 0. The Morgan fingerprint density at radius 3 is 2.41 bits per heavy atom. The molecule has 3 rings (SSSR count). The number of carbonyl (C=O) groups is 1. The lowest BCUT2D eigenvalue weighted by Crippen LogP contribution is -2.49. The predicted octanol–water partition coefficient (Wildman–Crippen LogP) is 2.87. The molecule has 0 aromatic carbocycles. The Labute approximate surface area is 172 Å². The van der Waals surface area contributed by atoms with Crippen LogP contribution in [0, 0.1) is 6.92 Å². The van der Waals surface area contributed by atoms with Crippen LogP contribution in [0.4, 0.5) is 5.82 Å². The van der Waals surface area contributed by atoms with Crippen LogP contribution < -0.4 is 4.90 Å². The van der Waals surface area contributed by atoms with Gasteiger partial charge in [-0.1, -0.05) is 39.8 Å². The summed E-state index contributed by atoms with van der Waals surface area (Å²) in [5.74, 6) is 3.44. The highest BCUT2D eigenvalue weighted by Gasteiger charge is 2.24. The van der Waals surface area contributed by atoms with Crippen molar-refractivity contribution in [3.8, 4) is 0 Å². The predicted molar refractivity (Wildman–Crippen MR) is 111 cm³/mol. The summed E-state index contributed by atoms with van der Waals surface area (Å²) in [4.78, 5) is 30.4. The van der Waals surface area contributed by atoms with Crippen molar-refractivity contribution >= 4 is 11.7 Å². The van der Waals surface area contributed by atoms with Gasteiger partial charge in [0, 0.05) is 62.1 Å². The highest BCUT2D eigenvalue weighted by Crippen LogP contribution is 2.20. The van der Waals surface area contributed by atoms with E-state index in [0.29, 0.717) is 43.6 Å². The third-order valence-corrected chi connectivity index (χ3v) is 5.02.